The van der Waals surface area contributed by atoms with Crippen molar-refractivity contribution in [3.63, 3.8) is 0 Å². The predicted octanol–water partition coefficient (Wildman–Crippen LogP) is 4.05. The topological polar surface area (TPSA) is 29.3 Å². The maximum Gasteiger partial charge on any atom is 0.416 e. The SMILES string of the molecule is C[C@@H]1CCC[C@H](C)N1Cc1ccc(N)cc1C(F)(F)F. The van der Waals surface area contributed by atoms with Crippen LogP contribution in [0.5, 0.6) is 0 Å². The number of nitrogens with two attached hydrogens (primary N) is 1. The quantitative estimate of drug-likeness (QED) is 0.831. The number of benzene rings is 1. The lowest BCUT2D eigenvalue weighted by atomic mass is 9.95. The van der Waals surface area contributed by atoms with Crippen LogP contribution in [0, 0.1) is 0 Å². The van der Waals surface area contributed by atoms with Crippen molar-refractivity contribution in [1.29, 1.82) is 0 Å². The van der Waals surface area contributed by atoms with Crippen molar-refractivity contribution in [3.8, 4) is 0 Å². The number of anilines is 1. The summed E-state index contributed by atoms with van der Waals surface area (Å²) < 4.78 is 39.3. The summed E-state index contributed by atoms with van der Waals surface area (Å²) in [7, 11) is 0. The zero-order valence-corrected chi connectivity index (χ0v) is 11.9. The minimum Gasteiger partial charge on any atom is -0.399 e. The maximum atomic E-state index is 13.1. The Balaban J connectivity index is 2.29. The van der Waals surface area contributed by atoms with Crippen molar-refractivity contribution in [2.75, 3.05) is 5.73 Å². The zero-order valence-electron chi connectivity index (χ0n) is 11.9. The molecule has 2 atom stereocenters. The Bertz CT molecular complexity index is 461. The van der Waals surface area contributed by atoms with Gasteiger partial charge in [-0.1, -0.05) is 12.5 Å². The van der Waals surface area contributed by atoms with Crippen LogP contribution in [0.3, 0.4) is 0 Å². The lowest BCUT2D eigenvalue weighted by Crippen LogP contribution is -2.43. The summed E-state index contributed by atoms with van der Waals surface area (Å²) in [6.07, 6.45) is -1.12. The number of piperidine rings is 1. The molecule has 2 nitrogen and oxygen atoms in total. The highest BCUT2D eigenvalue weighted by Crippen LogP contribution is 2.35. The van der Waals surface area contributed by atoms with Gasteiger partial charge in [0, 0.05) is 24.3 Å². The molecule has 0 radical (unpaired) electrons. The van der Waals surface area contributed by atoms with Crippen molar-refractivity contribution >= 4 is 5.69 Å². The minimum absolute atomic E-state index is 0.154. The van der Waals surface area contributed by atoms with E-state index in [1.54, 1.807) is 6.07 Å². The molecular formula is C15H21F3N2. The Morgan fingerprint density at radius 3 is 2.35 bits per heavy atom. The molecule has 20 heavy (non-hydrogen) atoms. The second kappa shape index (κ2) is 5.64. The maximum absolute atomic E-state index is 13.1. The summed E-state index contributed by atoms with van der Waals surface area (Å²) in [6, 6.07) is 4.72. The van der Waals surface area contributed by atoms with E-state index in [0.717, 1.165) is 25.3 Å². The molecule has 5 heteroatoms. The molecule has 2 N–H and O–H groups in total. The van der Waals surface area contributed by atoms with Crippen molar-refractivity contribution in [1.82, 2.24) is 4.90 Å². The van der Waals surface area contributed by atoms with Gasteiger partial charge in [0.1, 0.15) is 0 Å². The number of hydrogen-bond donors (Lipinski definition) is 1. The molecule has 1 fully saturated rings. The third kappa shape index (κ3) is 3.26. The number of likely N-dealkylation sites (tertiary alicyclic amines) is 1. The lowest BCUT2D eigenvalue weighted by Gasteiger charge is -2.39. The van der Waals surface area contributed by atoms with Gasteiger partial charge in [0.25, 0.3) is 0 Å². The Morgan fingerprint density at radius 1 is 1.20 bits per heavy atom. The second-order valence-electron chi connectivity index (χ2n) is 5.72. The summed E-state index contributed by atoms with van der Waals surface area (Å²) >= 11 is 0. The molecule has 0 unspecified atom stereocenters. The largest absolute Gasteiger partial charge is 0.416 e. The molecular weight excluding hydrogens is 265 g/mol. The average molecular weight is 286 g/mol. The Hall–Kier alpha value is -1.23. The molecule has 0 spiro atoms. The van der Waals surface area contributed by atoms with Gasteiger partial charge in [0.15, 0.2) is 0 Å². The van der Waals surface area contributed by atoms with Crippen LogP contribution in [0.1, 0.15) is 44.2 Å². The Labute approximate surface area is 117 Å². The van der Waals surface area contributed by atoms with Crippen molar-refractivity contribution < 1.29 is 13.2 Å². The van der Waals surface area contributed by atoms with Gasteiger partial charge in [0.2, 0.25) is 0 Å². The van der Waals surface area contributed by atoms with Crippen LogP contribution < -0.4 is 5.73 Å². The van der Waals surface area contributed by atoms with Gasteiger partial charge in [-0.25, -0.2) is 0 Å². The minimum atomic E-state index is -4.35. The van der Waals surface area contributed by atoms with Gasteiger partial charge in [-0.2, -0.15) is 13.2 Å². The first-order chi connectivity index (χ1) is 9.29. The summed E-state index contributed by atoms with van der Waals surface area (Å²) in [5.74, 6) is 0. The van der Waals surface area contributed by atoms with E-state index in [-0.39, 0.29) is 5.69 Å². The first-order valence-electron chi connectivity index (χ1n) is 7.00. The number of alkyl halides is 3. The average Bonchev–Trinajstić information content (AvgIpc) is 2.34. The van der Waals surface area contributed by atoms with E-state index in [9.17, 15) is 13.2 Å². The Kier molecular flexibility index (Phi) is 4.28. The number of hydrogen-bond acceptors (Lipinski definition) is 2. The molecule has 0 saturated carbocycles. The highest BCUT2D eigenvalue weighted by molar-refractivity contribution is 5.46. The summed E-state index contributed by atoms with van der Waals surface area (Å²) in [5.41, 5.74) is 5.36. The van der Waals surface area contributed by atoms with E-state index in [1.165, 1.54) is 6.07 Å². The molecule has 2 rings (SSSR count). The second-order valence-corrected chi connectivity index (χ2v) is 5.72. The zero-order chi connectivity index (χ0) is 14.9. The molecule has 0 amide bonds. The molecule has 1 aromatic rings. The highest BCUT2D eigenvalue weighted by atomic mass is 19.4. The van der Waals surface area contributed by atoms with Crippen LogP contribution in [-0.4, -0.2) is 17.0 Å². The molecule has 0 bridgehead atoms. The summed E-state index contributed by atoms with van der Waals surface area (Å²) in [5, 5.41) is 0. The van der Waals surface area contributed by atoms with Gasteiger partial charge < -0.3 is 5.73 Å². The molecule has 0 aromatic heterocycles. The first kappa shape index (κ1) is 15.2. The van der Waals surface area contributed by atoms with E-state index < -0.39 is 11.7 Å². The van der Waals surface area contributed by atoms with E-state index in [2.05, 4.69) is 18.7 Å². The molecule has 1 saturated heterocycles. The van der Waals surface area contributed by atoms with Gasteiger partial charge in [-0.15, -0.1) is 0 Å². The fraction of sp³-hybridized carbons (Fsp3) is 0.600. The molecule has 1 aliphatic rings. The van der Waals surface area contributed by atoms with Crippen molar-refractivity contribution in [2.24, 2.45) is 0 Å². The van der Waals surface area contributed by atoms with Gasteiger partial charge >= 0.3 is 6.18 Å². The predicted molar refractivity (Wildman–Crippen MR) is 74.2 cm³/mol. The van der Waals surface area contributed by atoms with Gasteiger partial charge in [0.05, 0.1) is 5.56 Å². The smallest absolute Gasteiger partial charge is 0.399 e. The van der Waals surface area contributed by atoms with Gasteiger partial charge in [-0.05, 0) is 44.4 Å². The van der Waals surface area contributed by atoms with Gasteiger partial charge in [-0.3, -0.25) is 4.90 Å². The lowest BCUT2D eigenvalue weighted by molar-refractivity contribution is -0.138. The number of nitrogens with zero attached hydrogens (tertiary/aromatic N) is 1. The number of halogens is 3. The normalized spacial score (nSPS) is 24.9. The standard InChI is InChI=1S/C15H21F3N2/c1-10-4-3-5-11(2)20(10)9-12-6-7-13(19)8-14(12)15(16,17)18/h6-8,10-11H,3-5,9,19H2,1-2H3/t10-,11+. The van der Waals surface area contributed by atoms with Crippen LogP contribution in [0.25, 0.3) is 0 Å². The monoisotopic (exact) mass is 286 g/mol. The van der Waals surface area contributed by atoms with Crippen LogP contribution in [0.2, 0.25) is 0 Å². The van der Waals surface area contributed by atoms with Crippen molar-refractivity contribution in [2.45, 2.75) is 57.9 Å². The third-order valence-corrected chi connectivity index (χ3v) is 4.17. The molecule has 1 heterocycles. The number of rotatable bonds is 2. The highest BCUT2D eigenvalue weighted by Gasteiger charge is 2.35. The fourth-order valence-electron chi connectivity index (χ4n) is 2.98. The van der Waals surface area contributed by atoms with E-state index in [1.807, 2.05) is 0 Å². The summed E-state index contributed by atoms with van der Waals surface area (Å²) in [6.45, 7) is 4.50. The van der Waals surface area contributed by atoms with Crippen molar-refractivity contribution in [3.05, 3.63) is 29.3 Å². The van der Waals surface area contributed by atoms with Crippen LogP contribution in [-0.2, 0) is 12.7 Å². The Morgan fingerprint density at radius 2 is 1.80 bits per heavy atom. The first-order valence-corrected chi connectivity index (χ1v) is 7.00. The molecule has 112 valence electrons. The molecule has 1 aromatic carbocycles. The van der Waals surface area contributed by atoms with Crippen LogP contribution in [0.15, 0.2) is 18.2 Å². The number of nitrogen functional groups attached to an aromatic ring is 1. The van der Waals surface area contributed by atoms with E-state index in [4.69, 9.17) is 5.73 Å². The fourth-order valence-corrected chi connectivity index (χ4v) is 2.98. The summed E-state index contributed by atoms with van der Waals surface area (Å²) in [4.78, 5) is 2.16. The molecule has 1 aliphatic heterocycles. The van der Waals surface area contributed by atoms with Crippen LogP contribution >= 0.6 is 0 Å². The van der Waals surface area contributed by atoms with Crippen LogP contribution in [0.4, 0.5) is 18.9 Å². The van der Waals surface area contributed by atoms with E-state index in [0.29, 0.717) is 24.2 Å². The molecule has 0 aliphatic carbocycles. The third-order valence-electron chi connectivity index (χ3n) is 4.17. The van der Waals surface area contributed by atoms with E-state index >= 15 is 0 Å².